The lowest BCUT2D eigenvalue weighted by atomic mass is 10.1. The van der Waals surface area contributed by atoms with Gasteiger partial charge >= 0.3 is 0 Å². The van der Waals surface area contributed by atoms with Crippen LogP contribution in [0.4, 0.5) is 0 Å². The van der Waals surface area contributed by atoms with Gasteiger partial charge in [0.15, 0.2) is 0 Å². The van der Waals surface area contributed by atoms with E-state index in [9.17, 15) is 0 Å². The summed E-state index contributed by atoms with van der Waals surface area (Å²) in [6.07, 6.45) is 0.312. The minimum Gasteiger partial charge on any atom is -0.372 e. The topological polar surface area (TPSA) is 47.7 Å². The van der Waals surface area contributed by atoms with Crippen LogP contribution in [0.2, 0.25) is 0 Å². The summed E-state index contributed by atoms with van der Waals surface area (Å²) in [7, 11) is 4.09. The Morgan fingerprint density at radius 3 is 2.50 bits per heavy atom. The highest BCUT2D eigenvalue weighted by atomic mass is 16.6. The van der Waals surface area contributed by atoms with Crippen LogP contribution >= 0.6 is 0 Å². The van der Waals surface area contributed by atoms with Gasteiger partial charge in [-0.25, -0.2) is 0 Å². The van der Waals surface area contributed by atoms with Gasteiger partial charge in [-0.15, -0.1) is 0 Å². The molecule has 0 aliphatic carbocycles. The van der Waals surface area contributed by atoms with E-state index in [1.165, 1.54) is 0 Å². The smallest absolute Gasteiger partial charge is 0.103 e. The summed E-state index contributed by atoms with van der Waals surface area (Å²) < 4.78 is 11.1. The minimum absolute atomic E-state index is 0.0694. The Hall–Kier alpha value is -0.160. The summed E-state index contributed by atoms with van der Waals surface area (Å²) in [5.41, 5.74) is 5.81. The molecule has 4 atom stereocenters. The van der Waals surface area contributed by atoms with E-state index >= 15 is 0 Å². The van der Waals surface area contributed by atoms with Gasteiger partial charge in [-0.3, -0.25) is 0 Å². The van der Waals surface area contributed by atoms with Crippen LogP contribution < -0.4 is 5.73 Å². The van der Waals surface area contributed by atoms with Gasteiger partial charge in [0, 0.05) is 0 Å². The van der Waals surface area contributed by atoms with Gasteiger partial charge in [-0.2, -0.15) is 0 Å². The van der Waals surface area contributed by atoms with E-state index in [1.54, 1.807) is 0 Å². The van der Waals surface area contributed by atoms with Gasteiger partial charge in [-0.05, 0) is 14.1 Å². The summed E-state index contributed by atoms with van der Waals surface area (Å²) >= 11 is 0. The van der Waals surface area contributed by atoms with Gasteiger partial charge in [0.2, 0.25) is 0 Å². The average Bonchev–Trinajstić information content (AvgIpc) is 2.53. The number of rotatable bonds is 1. The lowest BCUT2D eigenvalue weighted by molar-refractivity contribution is 0.0538. The van der Waals surface area contributed by atoms with Crippen molar-refractivity contribution in [1.29, 1.82) is 0 Å². The van der Waals surface area contributed by atoms with Crippen LogP contribution in [0, 0.1) is 0 Å². The number of fused-ring (bicyclic) bond motifs is 1. The van der Waals surface area contributed by atoms with E-state index in [-0.39, 0.29) is 18.2 Å². The zero-order valence-corrected chi connectivity index (χ0v) is 7.56. The summed E-state index contributed by atoms with van der Waals surface area (Å²) in [4.78, 5) is 2.14. The Morgan fingerprint density at radius 1 is 1.17 bits per heavy atom. The van der Waals surface area contributed by atoms with Crippen molar-refractivity contribution in [3.05, 3.63) is 0 Å². The van der Waals surface area contributed by atoms with E-state index in [0.717, 1.165) is 6.61 Å². The Balaban J connectivity index is 2.05. The van der Waals surface area contributed by atoms with Crippen LogP contribution in [-0.4, -0.2) is 56.5 Å². The number of nitrogens with zero attached hydrogens (tertiary/aromatic N) is 1. The zero-order valence-electron chi connectivity index (χ0n) is 7.56. The van der Waals surface area contributed by atoms with Crippen molar-refractivity contribution in [1.82, 2.24) is 4.90 Å². The van der Waals surface area contributed by atoms with Crippen LogP contribution in [0.5, 0.6) is 0 Å². The molecule has 4 nitrogen and oxygen atoms in total. The molecule has 0 saturated carbocycles. The van der Waals surface area contributed by atoms with Gasteiger partial charge in [0.25, 0.3) is 0 Å². The molecule has 0 aromatic rings. The molecule has 0 spiro atoms. The summed E-state index contributed by atoms with van der Waals surface area (Å²) in [5.74, 6) is 0. The van der Waals surface area contributed by atoms with Crippen LogP contribution in [0.15, 0.2) is 0 Å². The van der Waals surface area contributed by atoms with E-state index in [1.807, 2.05) is 14.1 Å². The maximum Gasteiger partial charge on any atom is 0.103 e. The molecule has 4 unspecified atom stereocenters. The summed E-state index contributed by atoms with van der Waals surface area (Å²) in [6.45, 7) is 1.38. The van der Waals surface area contributed by atoms with Gasteiger partial charge < -0.3 is 20.1 Å². The molecule has 2 aliphatic rings. The molecule has 0 bridgehead atoms. The molecule has 0 amide bonds. The molecular formula is C8H16N2O2. The van der Waals surface area contributed by atoms with Gasteiger partial charge in [-0.1, -0.05) is 0 Å². The molecular weight excluding hydrogens is 156 g/mol. The van der Waals surface area contributed by atoms with Gasteiger partial charge in [0.05, 0.1) is 25.3 Å². The Bertz CT molecular complexity index is 174. The molecule has 2 heterocycles. The van der Waals surface area contributed by atoms with E-state index in [0.29, 0.717) is 12.6 Å². The molecule has 2 aliphatic heterocycles. The van der Waals surface area contributed by atoms with Crippen molar-refractivity contribution >= 4 is 0 Å². The molecule has 2 N–H and O–H groups in total. The number of likely N-dealkylation sites (N-methyl/N-ethyl adjacent to an activating group) is 1. The third-order valence-electron chi connectivity index (χ3n) is 2.73. The van der Waals surface area contributed by atoms with Crippen molar-refractivity contribution in [2.24, 2.45) is 5.73 Å². The van der Waals surface area contributed by atoms with Gasteiger partial charge in [0.1, 0.15) is 12.2 Å². The minimum atomic E-state index is 0.0694. The summed E-state index contributed by atoms with van der Waals surface area (Å²) in [5, 5.41) is 0. The van der Waals surface area contributed by atoms with E-state index in [4.69, 9.17) is 15.2 Å². The first-order valence-corrected chi connectivity index (χ1v) is 4.35. The predicted octanol–water partition coefficient (Wildman–Crippen LogP) is -0.958. The first-order chi connectivity index (χ1) is 5.70. The van der Waals surface area contributed by atoms with Crippen LogP contribution in [0.1, 0.15) is 0 Å². The highest BCUT2D eigenvalue weighted by molar-refractivity contribution is 4.99. The third-order valence-corrected chi connectivity index (χ3v) is 2.73. The average molecular weight is 172 g/mol. The molecule has 0 radical (unpaired) electrons. The third kappa shape index (κ3) is 1.15. The molecule has 2 fully saturated rings. The number of hydrogen-bond donors (Lipinski definition) is 1. The van der Waals surface area contributed by atoms with Crippen LogP contribution in [-0.2, 0) is 9.47 Å². The highest BCUT2D eigenvalue weighted by Crippen LogP contribution is 2.27. The number of ether oxygens (including phenoxy) is 2. The summed E-state index contributed by atoms with van der Waals surface area (Å²) in [6, 6.07) is 0.448. The fourth-order valence-electron chi connectivity index (χ4n) is 1.95. The lowest BCUT2D eigenvalue weighted by Gasteiger charge is -2.22. The van der Waals surface area contributed by atoms with Crippen molar-refractivity contribution in [3.8, 4) is 0 Å². The Morgan fingerprint density at radius 2 is 1.83 bits per heavy atom. The molecule has 12 heavy (non-hydrogen) atoms. The first kappa shape index (κ1) is 8.44. The molecule has 2 rings (SSSR count). The quantitative estimate of drug-likeness (QED) is 0.553. The lowest BCUT2D eigenvalue weighted by Crippen LogP contribution is -2.41. The second-order valence-corrected chi connectivity index (χ2v) is 3.79. The maximum absolute atomic E-state index is 5.81. The number of hydrogen-bond acceptors (Lipinski definition) is 4. The standard InChI is InChI=1S/C8H16N2O2/c1-10(2)6-4-12-7-5(9)3-11-8(6)7/h5-8H,3-4,9H2,1-2H3. The van der Waals surface area contributed by atoms with Crippen molar-refractivity contribution in [3.63, 3.8) is 0 Å². The second-order valence-electron chi connectivity index (χ2n) is 3.79. The van der Waals surface area contributed by atoms with Crippen molar-refractivity contribution in [2.45, 2.75) is 24.3 Å². The highest BCUT2D eigenvalue weighted by Gasteiger charge is 2.46. The second kappa shape index (κ2) is 2.96. The molecule has 70 valence electrons. The van der Waals surface area contributed by atoms with Crippen molar-refractivity contribution in [2.75, 3.05) is 27.3 Å². The molecule has 0 aromatic heterocycles. The monoisotopic (exact) mass is 172 g/mol. The SMILES string of the molecule is CN(C)C1COC2C(N)COC21. The fourth-order valence-corrected chi connectivity index (χ4v) is 1.95. The number of nitrogens with two attached hydrogens (primary N) is 1. The largest absolute Gasteiger partial charge is 0.372 e. The first-order valence-electron chi connectivity index (χ1n) is 4.35. The molecule has 0 aromatic carbocycles. The fraction of sp³-hybridized carbons (Fsp3) is 1.00. The maximum atomic E-state index is 5.81. The van der Waals surface area contributed by atoms with Crippen molar-refractivity contribution < 1.29 is 9.47 Å². The zero-order chi connectivity index (χ0) is 8.72. The predicted molar refractivity (Wildman–Crippen MR) is 44.9 cm³/mol. The Labute approximate surface area is 72.6 Å². The Kier molecular flexibility index (Phi) is 2.08. The molecule has 2 saturated heterocycles. The van der Waals surface area contributed by atoms with Crippen LogP contribution in [0.3, 0.4) is 0 Å². The molecule has 4 heteroatoms. The van der Waals surface area contributed by atoms with E-state index in [2.05, 4.69) is 4.90 Å². The normalized spacial score (nSPS) is 47.0. The van der Waals surface area contributed by atoms with E-state index < -0.39 is 0 Å². The van der Waals surface area contributed by atoms with Crippen LogP contribution in [0.25, 0.3) is 0 Å².